The third-order valence-electron chi connectivity index (χ3n) is 4.75. The van der Waals surface area contributed by atoms with E-state index in [4.69, 9.17) is 0 Å². The molecule has 140 valence electrons. The number of carboxylic acid groups (broad SMARTS) is 1. The third kappa shape index (κ3) is 4.53. The number of hydrogen-bond acceptors (Lipinski definition) is 3. The summed E-state index contributed by atoms with van der Waals surface area (Å²) in [4.78, 5) is 36.1. The van der Waals surface area contributed by atoms with Crippen LogP contribution in [0.5, 0.6) is 0 Å². The van der Waals surface area contributed by atoms with Crippen LogP contribution in [-0.2, 0) is 20.8 Å². The molecule has 2 amide bonds. The van der Waals surface area contributed by atoms with Gasteiger partial charge in [0.05, 0.1) is 11.8 Å². The van der Waals surface area contributed by atoms with E-state index in [1.807, 2.05) is 37.3 Å². The smallest absolute Gasteiger partial charge is 0.308 e. The van der Waals surface area contributed by atoms with Gasteiger partial charge in [0.1, 0.15) is 0 Å². The van der Waals surface area contributed by atoms with Gasteiger partial charge in [0.25, 0.3) is 0 Å². The molecule has 2 atom stereocenters. The minimum atomic E-state index is -0.960. The van der Waals surface area contributed by atoms with Crippen molar-refractivity contribution in [1.29, 1.82) is 0 Å². The monoisotopic (exact) mass is 366 g/mol. The normalized spacial score (nSPS) is 16.8. The van der Waals surface area contributed by atoms with Gasteiger partial charge >= 0.3 is 5.97 Å². The lowest BCUT2D eigenvalue weighted by molar-refractivity contribution is -0.141. The largest absolute Gasteiger partial charge is 0.481 e. The van der Waals surface area contributed by atoms with E-state index in [2.05, 4.69) is 10.6 Å². The van der Waals surface area contributed by atoms with Crippen molar-refractivity contribution in [3.05, 3.63) is 65.2 Å². The summed E-state index contributed by atoms with van der Waals surface area (Å²) in [6.45, 7) is 1.97. The van der Waals surface area contributed by atoms with Crippen LogP contribution in [0.1, 0.15) is 29.0 Å². The van der Waals surface area contributed by atoms with Gasteiger partial charge in [0.15, 0.2) is 0 Å². The zero-order chi connectivity index (χ0) is 19.4. The maximum Gasteiger partial charge on any atom is 0.308 e. The topological polar surface area (TPSA) is 95.5 Å². The number of fused-ring (bicyclic) bond motifs is 1. The highest BCUT2D eigenvalue weighted by atomic mass is 16.4. The number of rotatable bonds is 6. The van der Waals surface area contributed by atoms with Gasteiger partial charge in [-0.3, -0.25) is 14.4 Å². The Bertz CT molecular complexity index is 878. The van der Waals surface area contributed by atoms with Crippen molar-refractivity contribution in [1.82, 2.24) is 5.32 Å². The molecule has 1 heterocycles. The van der Waals surface area contributed by atoms with E-state index < -0.39 is 17.8 Å². The van der Waals surface area contributed by atoms with Gasteiger partial charge in [-0.15, -0.1) is 0 Å². The summed E-state index contributed by atoms with van der Waals surface area (Å²) in [5.41, 5.74) is 3.35. The molecule has 0 aromatic heterocycles. The molecule has 27 heavy (non-hydrogen) atoms. The van der Waals surface area contributed by atoms with E-state index in [1.54, 1.807) is 18.2 Å². The number of para-hydroxylation sites is 1. The minimum absolute atomic E-state index is 0.0163. The fraction of sp³-hybridized carbons (Fsp3) is 0.286. The highest BCUT2D eigenvalue weighted by Gasteiger charge is 2.31. The van der Waals surface area contributed by atoms with Crippen molar-refractivity contribution in [3.8, 4) is 0 Å². The predicted molar refractivity (Wildman–Crippen MR) is 101 cm³/mol. The number of hydrogen-bond donors (Lipinski definition) is 3. The fourth-order valence-corrected chi connectivity index (χ4v) is 3.36. The molecule has 2 aromatic rings. The summed E-state index contributed by atoms with van der Waals surface area (Å²) in [5, 5.41) is 15.0. The van der Waals surface area contributed by atoms with Crippen LogP contribution < -0.4 is 10.6 Å². The van der Waals surface area contributed by atoms with E-state index in [0.717, 1.165) is 16.7 Å². The van der Waals surface area contributed by atoms with Gasteiger partial charge in [-0.05, 0) is 30.5 Å². The first-order valence-corrected chi connectivity index (χ1v) is 8.89. The highest BCUT2D eigenvalue weighted by molar-refractivity contribution is 6.01. The van der Waals surface area contributed by atoms with Crippen molar-refractivity contribution in [2.75, 3.05) is 11.9 Å². The molecule has 0 unspecified atom stereocenters. The zero-order valence-electron chi connectivity index (χ0n) is 15.1. The first-order chi connectivity index (χ1) is 12.9. The molecule has 0 radical (unpaired) electrons. The number of amides is 2. The van der Waals surface area contributed by atoms with Crippen LogP contribution >= 0.6 is 0 Å². The molecule has 3 N–H and O–H groups in total. The van der Waals surface area contributed by atoms with Gasteiger partial charge in [-0.25, -0.2) is 0 Å². The van der Waals surface area contributed by atoms with Crippen LogP contribution in [0.4, 0.5) is 5.69 Å². The van der Waals surface area contributed by atoms with Crippen molar-refractivity contribution in [3.63, 3.8) is 0 Å². The number of aryl methyl sites for hydroxylation is 1. The zero-order valence-corrected chi connectivity index (χ0v) is 15.1. The SMILES string of the molecule is Cc1cccc(C[C@H](CNC(=O)[C@H]2CC(=O)Nc3ccccc32)C(=O)O)c1. The molecule has 1 aliphatic heterocycles. The molecule has 0 fully saturated rings. The molecule has 0 bridgehead atoms. The number of anilines is 1. The van der Waals surface area contributed by atoms with Crippen LogP contribution in [0.3, 0.4) is 0 Å². The second kappa shape index (κ2) is 8.03. The Kier molecular flexibility index (Phi) is 5.54. The quantitative estimate of drug-likeness (QED) is 0.732. The molecule has 6 nitrogen and oxygen atoms in total. The van der Waals surface area contributed by atoms with Gasteiger partial charge in [0.2, 0.25) is 11.8 Å². The molecule has 0 saturated heterocycles. The second-order valence-corrected chi connectivity index (χ2v) is 6.87. The fourth-order valence-electron chi connectivity index (χ4n) is 3.36. The highest BCUT2D eigenvalue weighted by Crippen LogP contribution is 2.32. The molecule has 1 aliphatic rings. The average Bonchev–Trinajstić information content (AvgIpc) is 2.64. The number of nitrogens with one attached hydrogen (secondary N) is 2. The van der Waals surface area contributed by atoms with Gasteiger partial charge < -0.3 is 15.7 Å². The molecule has 0 spiro atoms. The summed E-state index contributed by atoms with van der Waals surface area (Å²) < 4.78 is 0. The van der Waals surface area contributed by atoms with Crippen molar-refractivity contribution in [2.45, 2.75) is 25.7 Å². The molecule has 2 aromatic carbocycles. The maximum absolute atomic E-state index is 12.7. The van der Waals surface area contributed by atoms with Gasteiger partial charge in [0, 0.05) is 18.7 Å². The summed E-state index contributed by atoms with van der Waals surface area (Å²) in [7, 11) is 0. The number of aliphatic carboxylic acids is 1. The summed E-state index contributed by atoms with van der Waals surface area (Å²) in [6.07, 6.45) is 0.386. The van der Waals surface area contributed by atoms with Crippen molar-refractivity contribution < 1.29 is 19.5 Å². The maximum atomic E-state index is 12.7. The summed E-state index contributed by atoms with van der Waals surface area (Å²) in [6, 6.07) is 14.8. The standard InChI is InChI=1S/C21H22N2O4/c1-13-5-4-6-14(9-13)10-15(21(26)27)12-22-20(25)17-11-19(24)23-18-8-3-2-7-16(17)18/h2-9,15,17H,10-12H2,1H3,(H,22,25)(H,23,24)(H,26,27)/t15-,17+/m1/s1. The van der Waals surface area contributed by atoms with E-state index in [9.17, 15) is 19.5 Å². The van der Waals surface area contributed by atoms with Crippen LogP contribution in [-0.4, -0.2) is 29.4 Å². The minimum Gasteiger partial charge on any atom is -0.481 e. The molecule has 3 rings (SSSR count). The lowest BCUT2D eigenvalue weighted by atomic mass is 9.89. The lowest BCUT2D eigenvalue weighted by Crippen LogP contribution is -2.39. The Morgan fingerprint density at radius 2 is 2.00 bits per heavy atom. The van der Waals surface area contributed by atoms with Crippen LogP contribution in [0.15, 0.2) is 48.5 Å². The summed E-state index contributed by atoms with van der Waals surface area (Å²) in [5.74, 6) is -2.85. The Morgan fingerprint density at radius 3 is 2.74 bits per heavy atom. The van der Waals surface area contributed by atoms with E-state index >= 15 is 0 Å². The average molecular weight is 366 g/mol. The van der Waals surface area contributed by atoms with Crippen molar-refractivity contribution >= 4 is 23.5 Å². The van der Waals surface area contributed by atoms with E-state index in [-0.39, 0.29) is 24.8 Å². The number of carbonyl (C=O) groups excluding carboxylic acids is 2. The second-order valence-electron chi connectivity index (χ2n) is 6.87. The number of carboxylic acids is 1. The number of carbonyl (C=O) groups is 3. The molecular formula is C21H22N2O4. The van der Waals surface area contributed by atoms with Crippen LogP contribution in [0, 0.1) is 12.8 Å². The van der Waals surface area contributed by atoms with E-state index in [1.165, 1.54) is 0 Å². The van der Waals surface area contributed by atoms with Crippen LogP contribution in [0.25, 0.3) is 0 Å². The van der Waals surface area contributed by atoms with Gasteiger partial charge in [-0.1, -0.05) is 48.0 Å². The lowest BCUT2D eigenvalue weighted by Gasteiger charge is -2.25. The Morgan fingerprint density at radius 1 is 1.22 bits per heavy atom. The Labute approximate surface area is 157 Å². The molecule has 0 aliphatic carbocycles. The molecular weight excluding hydrogens is 344 g/mol. The first-order valence-electron chi connectivity index (χ1n) is 8.89. The number of benzene rings is 2. The van der Waals surface area contributed by atoms with Crippen molar-refractivity contribution in [2.24, 2.45) is 5.92 Å². The molecule has 6 heteroatoms. The Hall–Kier alpha value is -3.15. The molecule has 0 saturated carbocycles. The summed E-state index contributed by atoms with van der Waals surface area (Å²) >= 11 is 0. The van der Waals surface area contributed by atoms with E-state index in [0.29, 0.717) is 12.1 Å². The first kappa shape index (κ1) is 18.6. The predicted octanol–water partition coefficient (Wildman–Crippen LogP) is 2.48. The Balaban J connectivity index is 1.68. The van der Waals surface area contributed by atoms with Gasteiger partial charge in [-0.2, -0.15) is 0 Å². The van der Waals surface area contributed by atoms with Crippen LogP contribution in [0.2, 0.25) is 0 Å². The third-order valence-corrected chi connectivity index (χ3v) is 4.75.